The molecule has 1 saturated heterocycles. The first-order valence-corrected chi connectivity index (χ1v) is 4.60. The highest BCUT2D eigenvalue weighted by Crippen LogP contribution is 2.15. The largest absolute Gasteiger partial charge is 0.329 e. The number of likely N-dealkylation sites (tertiary alicyclic amines) is 1. The Kier molecular flexibility index (Phi) is 4.05. The molecule has 0 aromatic heterocycles. The van der Waals surface area contributed by atoms with Crippen molar-refractivity contribution in [3.63, 3.8) is 0 Å². The summed E-state index contributed by atoms with van der Waals surface area (Å²) in [7, 11) is 0. The fraction of sp³-hybridized carbons (Fsp3) is 0.600. The van der Waals surface area contributed by atoms with Gasteiger partial charge in [0.25, 0.3) is 0 Å². The maximum absolute atomic E-state index is 5.58. The maximum atomic E-state index is 5.58. The van der Waals surface area contributed by atoms with Crippen LogP contribution in [0.25, 0.3) is 0 Å². The molecule has 0 saturated carbocycles. The van der Waals surface area contributed by atoms with E-state index in [9.17, 15) is 0 Å². The molecule has 2 N–H and O–H groups in total. The van der Waals surface area contributed by atoms with Gasteiger partial charge in [0.15, 0.2) is 0 Å². The lowest BCUT2D eigenvalue weighted by atomic mass is 10.0. The van der Waals surface area contributed by atoms with E-state index in [4.69, 9.17) is 5.73 Å². The van der Waals surface area contributed by atoms with Crippen LogP contribution < -0.4 is 5.73 Å². The van der Waals surface area contributed by atoms with Crippen LogP contribution in [0.2, 0.25) is 0 Å². The Hall–Kier alpha value is -0.600. The summed E-state index contributed by atoms with van der Waals surface area (Å²) >= 11 is 0. The predicted octanol–water partition coefficient (Wildman–Crippen LogP) is 1.15. The lowest BCUT2D eigenvalue weighted by molar-refractivity contribution is 0.0994. The van der Waals surface area contributed by atoms with Crippen molar-refractivity contribution in [3.05, 3.63) is 24.8 Å². The molecule has 0 amide bonds. The molecule has 1 rings (SSSR count). The second kappa shape index (κ2) is 5.12. The quantitative estimate of drug-likeness (QED) is 0.621. The van der Waals surface area contributed by atoms with Gasteiger partial charge in [0, 0.05) is 25.7 Å². The average Bonchev–Trinajstić information content (AvgIpc) is 2.03. The Morgan fingerprint density at radius 2 is 2.42 bits per heavy atom. The SMILES string of the molecule is C=C/C=C/CCN1CCC1CN. The Balaban J connectivity index is 2.07. The minimum atomic E-state index is 0.655. The van der Waals surface area contributed by atoms with Gasteiger partial charge in [0.1, 0.15) is 0 Å². The molecule has 1 atom stereocenters. The smallest absolute Gasteiger partial charge is 0.0230 e. The average molecular weight is 166 g/mol. The molecule has 68 valence electrons. The third-order valence-corrected chi connectivity index (χ3v) is 2.39. The summed E-state index contributed by atoms with van der Waals surface area (Å²) < 4.78 is 0. The highest BCUT2D eigenvalue weighted by molar-refractivity contribution is 4.97. The van der Waals surface area contributed by atoms with Crippen LogP contribution in [0.5, 0.6) is 0 Å². The zero-order valence-electron chi connectivity index (χ0n) is 7.58. The Bertz CT molecular complexity index is 161. The van der Waals surface area contributed by atoms with Crippen molar-refractivity contribution < 1.29 is 0 Å². The van der Waals surface area contributed by atoms with Crippen molar-refractivity contribution in [1.82, 2.24) is 4.90 Å². The molecule has 0 aromatic rings. The topological polar surface area (TPSA) is 29.3 Å². The Morgan fingerprint density at radius 3 is 2.92 bits per heavy atom. The zero-order chi connectivity index (χ0) is 8.81. The van der Waals surface area contributed by atoms with Crippen molar-refractivity contribution in [1.29, 1.82) is 0 Å². The van der Waals surface area contributed by atoms with Crippen molar-refractivity contribution in [2.24, 2.45) is 5.73 Å². The molecular formula is C10H18N2. The summed E-state index contributed by atoms with van der Waals surface area (Å²) in [6.07, 6.45) is 8.36. The van der Waals surface area contributed by atoms with Gasteiger partial charge in [0.2, 0.25) is 0 Å². The van der Waals surface area contributed by atoms with Crippen LogP contribution in [-0.2, 0) is 0 Å². The molecule has 0 bridgehead atoms. The summed E-state index contributed by atoms with van der Waals surface area (Å²) in [4.78, 5) is 2.44. The monoisotopic (exact) mass is 166 g/mol. The molecule has 1 fully saturated rings. The van der Waals surface area contributed by atoms with Gasteiger partial charge in [-0.2, -0.15) is 0 Å². The highest BCUT2D eigenvalue weighted by atomic mass is 15.2. The zero-order valence-corrected chi connectivity index (χ0v) is 7.58. The molecule has 1 heterocycles. The Morgan fingerprint density at radius 1 is 1.58 bits per heavy atom. The molecule has 0 radical (unpaired) electrons. The van der Waals surface area contributed by atoms with Crippen LogP contribution in [0.4, 0.5) is 0 Å². The van der Waals surface area contributed by atoms with Crippen LogP contribution in [0.3, 0.4) is 0 Å². The predicted molar refractivity (Wildman–Crippen MR) is 53.0 cm³/mol. The van der Waals surface area contributed by atoms with Crippen molar-refractivity contribution in [2.45, 2.75) is 18.9 Å². The lowest BCUT2D eigenvalue weighted by Crippen LogP contribution is -2.51. The molecule has 12 heavy (non-hydrogen) atoms. The summed E-state index contributed by atoms with van der Waals surface area (Å²) in [5.41, 5.74) is 5.58. The van der Waals surface area contributed by atoms with E-state index in [0.717, 1.165) is 19.5 Å². The molecule has 0 aromatic carbocycles. The summed E-state index contributed by atoms with van der Waals surface area (Å²) in [6, 6.07) is 0.655. The standard InChI is InChI=1S/C10H18N2/c1-2-3-4-5-7-12-8-6-10(12)9-11/h2-4,10H,1,5-9,11H2/b4-3+. The molecule has 2 heteroatoms. The molecular weight excluding hydrogens is 148 g/mol. The van der Waals surface area contributed by atoms with Gasteiger partial charge >= 0.3 is 0 Å². The summed E-state index contributed by atoms with van der Waals surface area (Å²) in [5, 5.41) is 0. The Labute approximate surface area is 74.7 Å². The molecule has 2 nitrogen and oxygen atoms in total. The van der Waals surface area contributed by atoms with E-state index in [1.807, 2.05) is 12.2 Å². The van der Waals surface area contributed by atoms with E-state index in [0.29, 0.717) is 6.04 Å². The van der Waals surface area contributed by atoms with Crippen molar-refractivity contribution >= 4 is 0 Å². The van der Waals surface area contributed by atoms with Gasteiger partial charge in [-0.25, -0.2) is 0 Å². The molecule has 1 aliphatic heterocycles. The van der Waals surface area contributed by atoms with Gasteiger partial charge in [-0.15, -0.1) is 0 Å². The second-order valence-electron chi connectivity index (χ2n) is 3.17. The third-order valence-electron chi connectivity index (χ3n) is 2.39. The molecule has 0 aliphatic carbocycles. The summed E-state index contributed by atoms with van der Waals surface area (Å²) in [5.74, 6) is 0. The fourth-order valence-corrected chi connectivity index (χ4v) is 1.49. The van der Waals surface area contributed by atoms with Gasteiger partial charge in [-0.3, -0.25) is 4.90 Å². The summed E-state index contributed by atoms with van der Waals surface area (Å²) in [6.45, 7) is 6.80. The van der Waals surface area contributed by atoms with Gasteiger partial charge in [-0.05, 0) is 12.8 Å². The van der Waals surface area contributed by atoms with E-state index >= 15 is 0 Å². The number of hydrogen-bond acceptors (Lipinski definition) is 2. The number of hydrogen-bond donors (Lipinski definition) is 1. The second-order valence-corrected chi connectivity index (χ2v) is 3.17. The van der Waals surface area contributed by atoms with Crippen LogP contribution in [-0.4, -0.2) is 30.6 Å². The van der Waals surface area contributed by atoms with E-state index in [-0.39, 0.29) is 0 Å². The van der Waals surface area contributed by atoms with E-state index < -0.39 is 0 Å². The van der Waals surface area contributed by atoms with E-state index in [2.05, 4.69) is 17.6 Å². The van der Waals surface area contributed by atoms with Crippen LogP contribution in [0.15, 0.2) is 24.8 Å². The van der Waals surface area contributed by atoms with Gasteiger partial charge in [-0.1, -0.05) is 24.8 Å². The molecule has 0 spiro atoms. The van der Waals surface area contributed by atoms with E-state index in [1.165, 1.54) is 13.0 Å². The normalized spacial score (nSPS) is 24.2. The van der Waals surface area contributed by atoms with Gasteiger partial charge in [0.05, 0.1) is 0 Å². The number of nitrogens with zero attached hydrogens (tertiary/aromatic N) is 1. The van der Waals surface area contributed by atoms with Crippen LogP contribution in [0, 0.1) is 0 Å². The first kappa shape index (κ1) is 9.49. The maximum Gasteiger partial charge on any atom is 0.0230 e. The lowest BCUT2D eigenvalue weighted by Gasteiger charge is -2.40. The van der Waals surface area contributed by atoms with E-state index in [1.54, 1.807) is 0 Å². The number of allylic oxidation sites excluding steroid dienone is 2. The number of rotatable bonds is 5. The highest BCUT2D eigenvalue weighted by Gasteiger charge is 2.24. The van der Waals surface area contributed by atoms with Crippen molar-refractivity contribution in [2.75, 3.05) is 19.6 Å². The minimum absolute atomic E-state index is 0.655. The third kappa shape index (κ3) is 2.47. The first-order chi connectivity index (χ1) is 5.88. The van der Waals surface area contributed by atoms with Gasteiger partial charge < -0.3 is 5.73 Å². The van der Waals surface area contributed by atoms with Crippen LogP contribution >= 0.6 is 0 Å². The first-order valence-electron chi connectivity index (χ1n) is 4.60. The fourth-order valence-electron chi connectivity index (χ4n) is 1.49. The van der Waals surface area contributed by atoms with Crippen molar-refractivity contribution in [3.8, 4) is 0 Å². The molecule has 1 unspecified atom stereocenters. The van der Waals surface area contributed by atoms with Crippen LogP contribution in [0.1, 0.15) is 12.8 Å². The number of nitrogens with two attached hydrogens (primary N) is 1. The minimum Gasteiger partial charge on any atom is -0.329 e. The molecule has 1 aliphatic rings.